The van der Waals surface area contributed by atoms with Gasteiger partial charge < -0.3 is 10.2 Å². The molecule has 5 heteroatoms. The van der Waals surface area contributed by atoms with Crippen molar-refractivity contribution in [3.8, 4) is 0 Å². The summed E-state index contributed by atoms with van der Waals surface area (Å²) in [6.45, 7) is 7.69. The molecule has 0 aliphatic carbocycles. The minimum atomic E-state index is 0. The summed E-state index contributed by atoms with van der Waals surface area (Å²) >= 11 is 0. The van der Waals surface area contributed by atoms with Crippen molar-refractivity contribution < 1.29 is 0 Å². The van der Waals surface area contributed by atoms with Crippen molar-refractivity contribution in [2.45, 2.75) is 38.9 Å². The van der Waals surface area contributed by atoms with E-state index < -0.39 is 0 Å². The highest BCUT2D eigenvalue weighted by molar-refractivity contribution is 5.85. The third kappa shape index (κ3) is 4.33. The molecule has 1 N–H and O–H groups in total. The van der Waals surface area contributed by atoms with Crippen molar-refractivity contribution in [1.82, 2.24) is 15.2 Å². The van der Waals surface area contributed by atoms with Gasteiger partial charge in [0.1, 0.15) is 5.82 Å². The van der Waals surface area contributed by atoms with Crippen LogP contribution < -0.4 is 10.2 Å². The van der Waals surface area contributed by atoms with Gasteiger partial charge in [-0.05, 0) is 38.9 Å². The Hall–Kier alpha value is -0.840. The monoisotopic (exact) mass is 298 g/mol. The lowest BCUT2D eigenvalue weighted by atomic mass is 10.2. The number of aromatic nitrogens is 1. The molecule has 1 aliphatic rings. The second-order valence-corrected chi connectivity index (χ2v) is 5.74. The molecule has 0 aromatic carbocycles. The largest absolute Gasteiger partial charge is 0.357 e. The van der Waals surface area contributed by atoms with E-state index in [-0.39, 0.29) is 12.4 Å². The van der Waals surface area contributed by atoms with Crippen LogP contribution in [-0.4, -0.2) is 49.2 Å². The number of nitrogens with one attached hydrogen (secondary N) is 1. The van der Waals surface area contributed by atoms with Crippen LogP contribution in [0, 0.1) is 0 Å². The van der Waals surface area contributed by atoms with E-state index in [4.69, 9.17) is 0 Å². The van der Waals surface area contributed by atoms with E-state index in [1.54, 1.807) is 0 Å². The lowest BCUT2D eigenvalue weighted by Gasteiger charge is -2.23. The number of likely N-dealkylation sites (tertiary alicyclic amines) is 1. The second-order valence-electron chi connectivity index (χ2n) is 5.74. The number of anilines is 1. The molecule has 1 saturated heterocycles. The lowest BCUT2D eigenvalue weighted by molar-refractivity contribution is 0.322. The van der Waals surface area contributed by atoms with Crippen LogP contribution in [0.1, 0.15) is 25.8 Å². The number of likely N-dealkylation sites (N-methyl/N-ethyl adjacent to an activating group) is 1. The van der Waals surface area contributed by atoms with Crippen molar-refractivity contribution >= 4 is 18.2 Å². The van der Waals surface area contributed by atoms with Gasteiger partial charge in [-0.1, -0.05) is 6.07 Å². The van der Waals surface area contributed by atoms with Crippen LogP contribution >= 0.6 is 12.4 Å². The van der Waals surface area contributed by atoms with Crippen LogP contribution in [0.15, 0.2) is 18.3 Å². The summed E-state index contributed by atoms with van der Waals surface area (Å²) in [5, 5.41) is 3.35. The molecule has 0 bridgehead atoms. The highest BCUT2D eigenvalue weighted by Crippen LogP contribution is 2.16. The molecule has 0 saturated carbocycles. The molecular formula is C15H27ClN4. The first-order chi connectivity index (χ1) is 9.10. The van der Waals surface area contributed by atoms with Gasteiger partial charge in [-0.25, -0.2) is 4.98 Å². The van der Waals surface area contributed by atoms with Crippen LogP contribution in [-0.2, 0) is 6.54 Å². The van der Waals surface area contributed by atoms with Crippen molar-refractivity contribution in [3.05, 3.63) is 23.9 Å². The Morgan fingerprint density at radius 1 is 1.45 bits per heavy atom. The predicted molar refractivity (Wildman–Crippen MR) is 87.8 cm³/mol. The smallest absolute Gasteiger partial charge is 0.128 e. The molecule has 0 radical (unpaired) electrons. The fourth-order valence-electron chi connectivity index (χ4n) is 2.45. The average Bonchev–Trinajstić information content (AvgIpc) is 2.86. The minimum Gasteiger partial charge on any atom is -0.357 e. The van der Waals surface area contributed by atoms with E-state index >= 15 is 0 Å². The summed E-state index contributed by atoms with van der Waals surface area (Å²) in [5.41, 5.74) is 1.30. The molecule has 2 heterocycles. The van der Waals surface area contributed by atoms with Crippen molar-refractivity contribution in [1.29, 1.82) is 0 Å². The molecule has 1 aromatic heterocycles. The Morgan fingerprint density at radius 3 is 2.70 bits per heavy atom. The molecular weight excluding hydrogens is 272 g/mol. The van der Waals surface area contributed by atoms with Crippen LogP contribution in [0.3, 0.4) is 0 Å². The van der Waals surface area contributed by atoms with Gasteiger partial charge in [0, 0.05) is 45.0 Å². The summed E-state index contributed by atoms with van der Waals surface area (Å²) in [7, 11) is 4.14. The quantitative estimate of drug-likeness (QED) is 0.902. The van der Waals surface area contributed by atoms with Gasteiger partial charge in [0.15, 0.2) is 0 Å². The topological polar surface area (TPSA) is 31.4 Å². The van der Waals surface area contributed by atoms with Gasteiger partial charge in [0.05, 0.1) is 0 Å². The second kappa shape index (κ2) is 7.81. The van der Waals surface area contributed by atoms with Crippen LogP contribution in [0.5, 0.6) is 0 Å². The zero-order valence-corrected chi connectivity index (χ0v) is 13.8. The maximum Gasteiger partial charge on any atom is 0.128 e. The van der Waals surface area contributed by atoms with E-state index in [2.05, 4.69) is 53.1 Å². The van der Waals surface area contributed by atoms with E-state index in [1.807, 2.05) is 13.2 Å². The summed E-state index contributed by atoms with van der Waals surface area (Å²) < 4.78 is 0. The Bertz CT molecular complexity index is 393. The van der Waals surface area contributed by atoms with E-state index in [0.717, 1.165) is 18.9 Å². The first kappa shape index (κ1) is 17.2. The number of nitrogens with zero attached hydrogens (tertiary/aromatic N) is 3. The van der Waals surface area contributed by atoms with Crippen molar-refractivity contribution in [2.24, 2.45) is 0 Å². The molecule has 1 atom stereocenters. The zero-order valence-electron chi connectivity index (χ0n) is 13.0. The fraction of sp³-hybridized carbons (Fsp3) is 0.667. The number of hydrogen-bond donors (Lipinski definition) is 1. The third-order valence-electron chi connectivity index (χ3n) is 4.03. The molecule has 1 unspecified atom stereocenters. The standard InChI is InChI=1S/C15H26N4.ClH/c1-12(2)18(4)15-6-5-13(9-17-15)10-19-8-7-14(11-19)16-3;/h5-6,9,12,14,16H,7-8,10-11H2,1-4H3;1H. The lowest BCUT2D eigenvalue weighted by Crippen LogP contribution is -2.29. The van der Waals surface area contributed by atoms with Gasteiger partial charge >= 0.3 is 0 Å². The summed E-state index contributed by atoms with van der Waals surface area (Å²) in [6, 6.07) is 5.46. The number of pyridine rings is 1. The first-order valence-corrected chi connectivity index (χ1v) is 7.17. The van der Waals surface area contributed by atoms with Gasteiger partial charge in [-0.3, -0.25) is 4.90 Å². The first-order valence-electron chi connectivity index (χ1n) is 7.17. The maximum absolute atomic E-state index is 4.56. The van der Waals surface area contributed by atoms with Gasteiger partial charge in [0.25, 0.3) is 0 Å². The molecule has 0 spiro atoms. The van der Waals surface area contributed by atoms with Crippen LogP contribution in [0.4, 0.5) is 5.82 Å². The van der Waals surface area contributed by atoms with E-state index in [9.17, 15) is 0 Å². The Labute approximate surface area is 129 Å². The Morgan fingerprint density at radius 2 is 2.20 bits per heavy atom. The zero-order chi connectivity index (χ0) is 13.8. The third-order valence-corrected chi connectivity index (χ3v) is 4.03. The maximum atomic E-state index is 4.56. The normalized spacial score (nSPS) is 19.1. The van der Waals surface area contributed by atoms with Gasteiger partial charge in [-0.2, -0.15) is 0 Å². The van der Waals surface area contributed by atoms with Crippen molar-refractivity contribution in [3.63, 3.8) is 0 Å². The molecule has 4 nitrogen and oxygen atoms in total. The molecule has 1 aliphatic heterocycles. The highest BCUT2D eigenvalue weighted by Gasteiger charge is 2.20. The minimum absolute atomic E-state index is 0. The summed E-state index contributed by atoms with van der Waals surface area (Å²) in [4.78, 5) is 9.25. The number of rotatable bonds is 5. The summed E-state index contributed by atoms with van der Waals surface area (Å²) in [6.07, 6.45) is 3.26. The Balaban J connectivity index is 0.00000200. The average molecular weight is 299 g/mol. The molecule has 1 aromatic rings. The number of hydrogen-bond acceptors (Lipinski definition) is 4. The van der Waals surface area contributed by atoms with Gasteiger partial charge in [-0.15, -0.1) is 12.4 Å². The fourth-order valence-corrected chi connectivity index (χ4v) is 2.45. The molecule has 2 rings (SSSR count). The highest BCUT2D eigenvalue weighted by atomic mass is 35.5. The van der Waals surface area contributed by atoms with Crippen molar-refractivity contribution in [2.75, 3.05) is 32.1 Å². The van der Waals surface area contributed by atoms with E-state index in [1.165, 1.54) is 18.5 Å². The molecule has 1 fully saturated rings. The van der Waals surface area contributed by atoms with E-state index in [0.29, 0.717) is 12.1 Å². The number of halogens is 1. The SMILES string of the molecule is CNC1CCN(Cc2ccc(N(C)C(C)C)nc2)C1.Cl. The molecule has 114 valence electrons. The Kier molecular flexibility index (Phi) is 6.72. The van der Waals surface area contributed by atoms with Gasteiger partial charge in [0.2, 0.25) is 0 Å². The molecule has 0 amide bonds. The van der Waals surface area contributed by atoms with Crippen LogP contribution in [0.25, 0.3) is 0 Å². The summed E-state index contributed by atoms with van der Waals surface area (Å²) in [5.74, 6) is 1.05. The predicted octanol–water partition coefficient (Wildman–Crippen LogP) is 2.14. The van der Waals surface area contributed by atoms with Crippen LogP contribution in [0.2, 0.25) is 0 Å². The molecule has 20 heavy (non-hydrogen) atoms.